The fraction of sp³-hybridized carbons (Fsp3) is 0.462. The molecule has 2 saturated heterocycles. The van der Waals surface area contributed by atoms with Gasteiger partial charge in [0.15, 0.2) is 0 Å². The van der Waals surface area contributed by atoms with Gasteiger partial charge in [-0.05, 0) is 36.5 Å². The third-order valence-corrected chi connectivity index (χ3v) is 6.96. The van der Waals surface area contributed by atoms with E-state index in [0.29, 0.717) is 26.1 Å². The summed E-state index contributed by atoms with van der Waals surface area (Å²) < 4.78 is 0. The van der Waals surface area contributed by atoms with Crippen LogP contribution in [0.4, 0.5) is 0 Å². The molecule has 174 valence electrons. The molecule has 2 aliphatic rings. The standard InChI is InChI=1S/C26H32N4O3/c1-28(2)25(33)26(15-19-8-4-5-10-22(19)20-9-6-12-27-16-20)11-7-13-30(18-26)24(32)21-14-23(31)29(3)17-21/h4-6,8-10,12,16,21H,7,11,13-15,17-18H2,1-3H3/t21-,26+/m1/s1. The van der Waals surface area contributed by atoms with Gasteiger partial charge < -0.3 is 14.7 Å². The summed E-state index contributed by atoms with van der Waals surface area (Å²) >= 11 is 0. The van der Waals surface area contributed by atoms with E-state index in [-0.39, 0.29) is 30.1 Å². The number of nitrogens with zero attached hydrogens (tertiary/aromatic N) is 4. The molecule has 3 amide bonds. The average molecular weight is 449 g/mol. The van der Waals surface area contributed by atoms with E-state index in [0.717, 1.165) is 29.5 Å². The molecule has 2 aliphatic heterocycles. The molecule has 1 aromatic heterocycles. The minimum atomic E-state index is -0.704. The Labute approximate surface area is 195 Å². The van der Waals surface area contributed by atoms with Crippen LogP contribution in [0.25, 0.3) is 11.1 Å². The molecule has 0 radical (unpaired) electrons. The van der Waals surface area contributed by atoms with Gasteiger partial charge in [-0.3, -0.25) is 19.4 Å². The molecule has 0 aliphatic carbocycles. The Hall–Kier alpha value is -3.22. The van der Waals surface area contributed by atoms with E-state index in [4.69, 9.17) is 0 Å². The summed E-state index contributed by atoms with van der Waals surface area (Å²) in [6, 6.07) is 12.1. The normalized spacial score (nSPS) is 23.0. The lowest BCUT2D eigenvalue weighted by atomic mass is 9.72. The van der Waals surface area contributed by atoms with Crippen molar-refractivity contribution in [1.82, 2.24) is 19.7 Å². The van der Waals surface area contributed by atoms with Gasteiger partial charge in [-0.2, -0.15) is 0 Å². The zero-order valence-corrected chi connectivity index (χ0v) is 19.7. The van der Waals surface area contributed by atoms with E-state index in [1.807, 2.05) is 35.4 Å². The Morgan fingerprint density at radius 3 is 2.64 bits per heavy atom. The van der Waals surface area contributed by atoms with Crippen molar-refractivity contribution in [2.75, 3.05) is 40.8 Å². The van der Waals surface area contributed by atoms with Crippen LogP contribution in [-0.2, 0) is 20.8 Å². The van der Waals surface area contributed by atoms with Crippen molar-refractivity contribution in [3.8, 4) is 11.1 Å². The van der Waals surface area contributed by atoms with E-state index >= 15 is 0 Å². The number of hydrogen-bond donors (Lipinski definition) is 0. The summed E-state index contributed by atoms with van der Waals surface area (Å²) in [4.78, 5) is 48.3. The summed E-state index contributed by atoms with van der Waals surface area (Å²) in [5, 5.41) is 0. The number of carbonyl (C=O) groups is 3. The van der Waals surface area contributed by atoms with Crippen molar-refractivity contribution in [2.24, 2.45) is 11.3 Å². The summed E-state index contributed by atoms with van der Waals surface area (Å²) in [6.45, 7) is 1.45. The minimum absolute atomic E-state index is 0.00592. The number of likely N-dealkylation sites (tertiary alicyclic amines) is 2. The van der Waals surface area contributed by atoms with Crippen molar-refractivity contribution in [2.45, 2.75) is 25.7 Å². The number of carbonyl (C=O) groups excluding carboxylic acids is 3. The van der Waals surface area contributed by atoms with Crippen LogP contribution in [0, 0.1) is 11.3 Å². The van der Waals surface area contributed by atoms with Gasteiger partial charge in [0.25, 0.3) is 0 Å². The summed E-state index contributed by atoms with van der Waals surface area (Å²) in [5.41, 5.74) is 2.44. The van der Waals surface area contributed by atoms with Gasteiger partial charge in [-0.25, -0.2) is 0 Å². The third-order valence-electron chi connectivity index (χ3n) is 6.96. The predicted octanol–water partition coefficient (Wildman–Crippen LogP) is 2.47. The first-order chi connectivity index (χ1) is 15.8. The van der Waals surface area contributed by atoms with Crippen molar-refractivity contribution < 1.29 is 14.4 Å². The zero-order chi connectivity index (χ0) is 23.6. The lowest BCUT2D eigenvalue weighted by Gasteiger charge is -2.44. The molecule has 1 aromatic carbocycles. The van der Waals surface area contributed by atoms with Gasteiger partial charge in [-0.15, -0.1) is 0 Å². The number of pyridine rings is 1. The van der Waals surface area contributed by atoms with Crippen LogP contribution >= 0.6 is 0 Å². The maximum absolute atomic E-state index is 13.6. The summed E-state index contributed by atoms with van der Waals surface area (Å²) in [5.74, 6) is -0.286. The van der Waals surface area contributed by atoms with E-state index in [1.54, 1.807) is 37.1 Å². The molecule has 0 unspecified atom stereocenters. The molecule has 2 aromatic rings. The molecule has 4 rings (SSSR count). The highest BCUT2D eigenvalue weighted by atomic mass is 16.2. The van der Waals surface area contributed by atoms with Crippen LogP contribution in [0.1, 0.15) is 24.8 Å². The Bertz CT molecular complexity index is 1040. The second kappa shape index (κ2) is 9.33. The first kappa shape index (κ1) is 23.0. The second-order valence-electron chi connectivity index (χ2n) is 9.59. The first-order valence-electron chi connectivity index (χ1n) is 11.5. The highest BCUT2D eigenvalue weighted by Gasteiger charge is 2.46. The molecule has 0 spiro atoms. The Morgan fingerprint density at radius 1 is 1.18 bits per heavy atom. The van der Waals surface area contributed by atoms with Crippen molar-refractivity contribution in [3.05, 3.63) is 54.4 Å². The third kappa shape index (κ3) is 4.63. The molecule has 0 N–H and O–H groups in total. The van der Waals surface area contributed by atoms with Crippen LogP contribution in [0.15, 0.2) is 48.8 Å². The number of aromatic nitrogens is 1. The topological polar surface area (TPSA) is 73.8 Å². The van der Waals surface area contributed by atoms with Gasteiger partial charge in [0.1, 0.15) is 0 Å². The molecule has 3 heterocycles. The second-order valence-corrected chi connectivity index (χ2v) is 9.59. The van der Waals surface area contributed by atoms with E-state index in [2.05, 4.69) is 17.1 Å². The van der Waals surface area contributed by atoms with Crippen LogP contribution in [0.2, 0.25) is 0 Å². The lowest BCUT2D eigenvalue weighted by molar-refractivity contribution is -0.149. The predicted molar refractivity (Wildman–Crippen MR) is 126 cm³/mol. The maximum Gasteiger partial charge on any atom is 0.230 e. The van der Waals surface area contributed by atoms with Crippen molar-refractivity contribution in [1.29, 1.82) is 0 Å². The fourth-order valence-electron chi connectivity index (χ4n) is 5.32. The number of benzene rings is 1. The molecule has 7 heteroatoms. The molecule has 33 heavy (non-hydrogen) atoms. The van der Waals surface area contributed by atoms with E-state index < -0.39 is 5.41 Å². The number of rotatable bonds is 5. The van der Waals surface area contributed by atoms with Crippen molar-refractivity contribution >= 4 is 17.7 Å². The zero-order valence-electron chi connectivity index (χ0n) is 19.7. The summed E-state index contributed by atoms with van der Waals surface area (Å²) in [7, 11) is 5.30. The molecular weight excluding hydrogens is 416 g/mol. The SMILES string of the molecule is CN(C)C(=O)[C@]1(Cc2ccccc2-c2cccnc2)CCCN(C(=O)[C@@H]2CC(=O)N(C)C2)C1. The Kier molecular flexibility index (Phi) is 6.49. The van der Waals surface area contributed by atoms with E-state index in [1.165, 1.54) is 0 Å². The average Bonchev–Trinajstić information content (AvgIpc) is 3.17. The van der Waals surface area contributed by atoms with Crippen molar-refractivity contribution in [3.63, 3.8) is 0 Å². The number of piperidine rings is 1. The quantitative estimate of drug-likeness (QED) is 0.704. The molecule has 0 bridgehead atoms. The van der Waals surface area contributed by atoms with Crippen LogP contribution in [0.3, 0.4) is 0 Å². The smallest absolute Gasteiger partial charge is 0.230 e. The Morgan fingerprint density at radius 2 is 1.97 bits per heavy atom. The monoisotopic (exact) mass is 448 g/mol. The minimum Gasteiger partial charge on any atom is -0.348 e. The fourth-order valence-corrected chi connectivity index (χ4v) is 5.32. The molecular formula is C26H32N4O3. The van der Waals surface area contributed by atoms with Crippen LogP contribution < -0.4 is 0 Å². The Balaban J connectivity index is 1.65. The lowest BCUT2D eigenvalue weighted by Crippen LogP contribution is -2.55. The first-order valence-corrected chi connectivity index (χ1v) is 11.5. The maximum atomic E-state index is 13.6. The van der Waals surface area contributed by atoms with Gasteiger partial charge in [0, 0.05) is 65.2 Å². The van der Waals surface area contributed by atoms with Gasteiger partial charge >= 0.3 is 0 Å². The van der Waals surface area contributed by atoms with Crippen LogP contribution in [0.5, 0.6) is 0 Å². The van der Waals surface area contributed by atoms with Gasteiger partial charge in [0.2, 0.25) is 17.7 Å². The highest BCUT2D eigenvalue weighted by Crippen LogP contribution is 2.39. The molecule has 2 atom stereocenters. The summed E-state index contributed by atoms with van der Waals surface area (Å²) in [6.07, 6.45) is 5.87. The van der Waals surface area contributed by atoms with Gasteiger partial charge in [0.05, 0.1) is 11.3 Å². The van der Waals surface area contributed by atoms with Crippen LogP contribution in [-0.4, -0.2) is 78.2 Å². The number of amides is 3. The van der Waals surface area contributed by atoms with Gasteiger partial charge in [-0.1, -0.05) is 30.3 Å². The molecule has 7 nitrogen and oxygen atoms in total. The molecule has 0 saturated carbocycles. The molecule has 2 fully saturated rings. The largest absolute Gasteiger partial charge is 0.348 e. The van der Waals surface area contributed by atoms with E-state index in [9.17, 15) is 14.4 Å². The number of hydrogen-bond acceptors (Lipinski definition) is 4. The highest BCUT2D eigenvalue weighted by molar-refractivity contribution is 5.90.